The van der Waals surface area contributed by atoms with Gasteiger partial charge < -0.3 is 11.1 Å². The second-order valence-electron chi connectivity index (χ2n) is 4.97. The van der Waals surface area contributed by atoms with E-state index in [4.69, 9.17) is 28.9 Å². The number of nitrogens with two attached hydrogens (primary N) is 1. The number of thiophene rings is 1. The molecule has 0 saturated heterocycles. The van der Waals surface area contributed by atoms with Crippen LogP contribution < -0.4 is 11.1 Å². The molecule has 0 atom stereocenters. The summed E-state index contributed by atoms with van der Waals surface area (Å²) in [5.74, 6) is 0.0194. The van der Waals surface area contributed by atoms with E-state index >= 15 is 0 Å². The highest BCUT2D eigenvalue weighted by Crippen LogP contribution is 2.31. The first kappa shape index (κ1) is 19.0. The van der Waals surface area contributed by atoms with E-state index < -0.39 is 0 Å². The molecule has 3 nitrogen and oxygen atoms in total. The van der Waals surface area contributed by atoms with Crippen molar-refractivity contribution in [3.63, 3.8) is 0 Å². The fraction of sp³-hybridized carbons (Fsp3) is 0.583. The average Bonchev–Trinajstić information content (AvgIpc) is 2.54. The van der Waals surface area contributed by atoms with Crippen LogP contribution in [0.5, 0.6) is 0 Å². The number of carbonyl (C=O) groups excluding carboxylic acids is 1. The number of hydrogen-bond donors (Lipinski definition) is 2. The fourth-order valence-electron chi connectivity index (χ4n) is 1.40. The topological polar surface area (TPSA) is 55.1 Å². The lowest BCUT2D eigenvalue weighted by atomic mass is 10.1. The molecule has 0 fully saturated rings. The van der Waals surface area contributed by atoms with Crippen LogP contribution in [0.15, 0.2) is 6.07 Å². The molecule has 110 valence electrons. The Balaban J connectivity index is 0.00000324. The van der Waals surface area contributed by atoms with Gasteiger partial charge in [-0.25, -0.2) is 0 Å². The molecule has 7 heteroatoms. The Morgan fingerprint density at radius 2 is 2.11 bits per heavy atom. The van der Waals surface area contributed by atoms with Gasteiger partial charge in [-0.15, -0.1) is 23.7 Å². The molecule has 0 saturated carbocycles. The lowest BCUT2D eigenvalue weighted by Gasteiger charge is -2.18. The smallest absolute Gasteiger partial charge is 0.220 e. The molecule has 3 N–H and O–H groups in total. The summed E-state index contributed by atoms with van der Waals surface area (Å²) in [6.45, 7) is 4.23. The van der Waals surface area contributed by atoms with Crippen LogP contribution in [0, 0.1) is 0 Å². The molecule has 0 aromatic carbocycles. The quantitative estimate of drug-likeness (QED) is 0.827. The normalized spacial score (nSPS) is 11.0. The number of halogens is 3. The van der Waals surface area contributed by atoms with Crippen LogP contribution in [0.2, 0.25) is 8.67 Å². The lowest BCUT2D eigenvalue weighted by molar-refractivity contribution is -0.121. The highest BCUT2D eigenvalue weighted by Gasteiger charge is 2.12. The summed E-state index contributed by atoms with van der Waals surface area (Å²) < 4.78 is 1.40. The zero-order valence-corrected chi connectivity index (χ0v) is 14.1. The molecule has 1 heterocycles. The van der Waals surface area contributed by atoms with Gasteiger partial charge in [-0.1, -0.05) is 23.2 Å². The summed E-state index contributed by atoms with van der Waals surface area (Å²) in [6, 6.07) is 1.86. The summed E-state index contributed by atoms with van der Waals surface area (Å²) in [6.07, 6.45) is 1.99. The minimum Gasteiger partial charge on any atom is -0.354 e. The van der Waals surface area contributed by atoms with Crippen LogP contribution in [0.1, 0.15) is 32.3 Å². The molecule has 19 heavy (non-hydrogen) atoms. The fourth-order valence-corrected chi connectivity index (χ4v) is 2.94. The number of rotatable bonds is 6. The van der Waals surface area contributed by atoms with Crippen molar-refractivity contribution in [2.45, 2.75) is 38.6 Å². The highest BCUT2D eigenvalue weighted by atomic mass is 35.5. The first-order valence-electron chi connectivity index (χ1n) is 5.77. The van der Waals surface area contributed by atoms with E-state index in [1.165, 1.54) is 11.3 Å². The largest absolute Gasteiger partial charge is 0.354 e. The van der Waals surface area contributed by atoms with Crippen molar-refractivity contribution in [3.05, 3.63) is 20.3 Å². The van der Waals surface area contributed by atoms with E-state index in [9.17, 15) is 4.79 Å². The second-order valence-corrected chi connectivity index (χ2v) is 7.25. The average molecular weight is 346 g/mol. The van der Waals surface area contributed by atoms with Gasteiger partial charge in [-0.3, -0.25) is 4.79 Å². The molecule has 1 rings (SSSR count). The van der Waals surface area contributed by atoms with Crippen molar-refractivity contribution < 1.29 is 4.79 Å². The molecular formula is C12H19Cl3N2OS. The Kier molecular flexibility index (Phi) is 8.32. The van der Waals surface area contributed by atoms with Crippen molar-refractivity contribution in [2.24, 2.45) is 5.73 Å². The maximum atomic E-state index is 11.5. The van der Waals surface area contributed by atoms with Crippen LogP contribution >= 0.6 is 46.9 Å². The molecule has 1 aromatic rings. The maximum absolute atomic E-state index is 11.5. The summed E-state index contributed by atoms with van der Waals surface area (Å²) >= 11 is 13.2. The van der Waals surface area contributed by atoms with Crippen molar-refractivity contribution in [3.8, 4) is 0 Å². The van der Waals surface area contributed by atoms with Crippen molar-refractivity contribution >= 4 is 52.9 Å². The summed E-state index contributed by atoms with van der Waals surface area (Å²) in [4.78, 5) is 11.5. The second kappa shape index (κ2) is 8.32. The standard InChI is InChI=1S/C12H18Cl2N2OS.ClH/c1-12(2,15)7-16-10(17)5-3-4-8-6-9(13)18-11(8)14;/h6H,3-5,7,15H2,1-2H3,(H,16,17);1H. The van der Waals surface area contributed by atoms with Crippen LogP contribution in [0.4, 0.5) is 0 Å². The Morgan fingerprint density at radius 1 is 1.47 bits per heavy atom. The first-order valence-corrected chi connectivity index (χ1v) is 7.34. The Labute approximate surface area is 134 Å². The van der Waals surface area contributed by atoms with Gasteiger partial charge in [0.1, 0.15) is 0 Å². The molecule has 0 radical (unpaired) electrons. The Bertz CT molecular complexity index is 416. The summed E-state index contributed by atoms with van der Waals surface area (Å²) in [5, 5.41) is 2.81. The van der Waals surface area contributed by atoms with Crippen molar-refractivity contribution in [1.29, 1.82) is 0 Å². The number of aryl methyl sites for hydroxylation is 1. The Hall–Kier alpha value is -0.000000000000000222. The number of amides is 1. The number of nitrogens with one attached hydrogen (secondary N) is 1. The lowest BCUT2D eigenvalue weighted by Crippen LogP contribution is -2.45. The molecule has 0 unspecified atom stereocenters. The van der Waals surface area contributed by atoms with Crippen LogP contribution in [-0.2, 0) is 11.2 Å². The van der Waals surface area contributed by atoms with Gasteiger partial charge in [0.15, 0.2) is 0 Å². The molecule has 1 amide bonds. The predicted molar refractivity (Wildman–Crippen MR) is 85.8 cm³/mol. The monoisotopic (exact) mass is 344 g/mol. The van der Waals surface area contributed by atoms with Gasteiger partial charge >= 0.3 is 0 Å². The maximum Gasteiger partial charge on any atom is 0.220 e. The van der Waals surface area contributed by atoms with Gasteiger partial charge in [-0.2, -0.15) is 0 Å². The zero-order valence-electron chi connectivity index (χ0n) is 11.0. The summed E-state index contributed by atoms with van der Waals surface area (Å²) in [5.41, 5.74) is 6.42. The van der Waals surface area contributed by atoms with E-state index in [1.807, 2.05) is 19.9 Å². The number of carbonyl (C=O) groups is 1. The SMILES string of the molecule is CC(C)(N)CNC(=O)CCCc1cc(Cl)sc1Cl.Cl. The predicted octanol–water partition coefficient (Wildman–Crippen LogP) is 3.65. The molecule has 0 bridgehead atoms. The molecule has 0 aliphatic heterocycles. The van der Waals surface area contributed by atoms with Gasteiger partial charge in [0.2, 0.25) is 5.91 Å². The minimum atomic E-state index is -0.375. The van der Waals surface area contributed by atoms with E-state index in [0.717, 1.165) is 18.4 Å². The molecular weight excluding hydrogens is 327 g/mol. The van der Waals surface area contributed by atoms with Gasteiger partial charge in [-0.05, 0) is 38.3 Å². The number of hydrogen-bond acceptors (Lipinski definition) is 3. The van der Waals surface area contributed by atoms with Crippen molar-refractivity contribution in [2.75, 3.05) is 6.54 Å². The van der Waals surface area contributed by atoms with E-state index in [0.29, 0.717) is 21.6 Å². The van der Waals surface area contributed by atoms with E-state index in [1.54, 1.807) is 0 Å². The molecule has 1 aromatic heterocycles. The summed E-state index contributed by atoms with van der Waals surface area (Å²) in [7, 11) is 0. The third-order valence-electron chi connectivity index (χ3n) is 2.32. The van der Waals surface area contributed by atoms with Gasteiger partial charge in [0, 0.05) is 18.5 Å². The molecule has 0 aliphatic carbocycles. The molecule has 0 aliphatic rings. The van der Waals surface area contributed by atoms with E-state index in [2.05, 4.69) is 5.32 Å². The zero-order chi connectivity index (χ0) is 13.8. The Morgan fingerprint density at radius 3 is 2.58 bits per heavy atom. The van der Waals surface area contributed by atoms with Gasteiger partial charge in [0.05, 0.1) is 8.67 Å². The highest BCUT2D eigenvalue weighted by molar-refractivity contribution is 7.20. The third kappa shape index (κ3) is 8.00. The molecule has 0 spiro atoms. The first-order chi connectivity index (χ1) is 8.28. The van der Waals surface area contributed by atoms with Crippen LogP contribution in [-0.4, -0.2) is 18.0 Å². The van der Waals surface area contributed by atoms with Gasteiger partial charge in [0.25, 0.3) is 0 Å². The third-order valence-corrected chi connectivity index (χ3v) is 3.89. The van der Waals surface area contributed by atoms with Crippen molar-refractivity contribution in [1.82, 2.24) is 5.32 Å². The van der Waals surface area contributed by atoms with Crippen LogP contribution in [0.25, 0.3) is 0 Å². The minimum absolute atomic E-state index is 0. The van der Waals surface area contributed by atoms with E-state index in [-0.39, 0.29) is 23.9 Å². The van der Waals surface area contributed by atoms with Crippen LogP contribution in [0.3, 0.4) is 0 Å².